The highest BCUT2D eigenvalue weighted by Gasteiger charge is 2.17. The van der Waals surface area contributed by atoms with Crippen LogP contribution in [-0.4, -0.2) is 25.2 Å². The third-order valence-electron chi connectivity index (χ3n) is 3.02. The monoisotopic (exact) mass is 235 g/mol. The van der Waals surface area contributed by atoms with Gasteiger partial charge < -0.3 is 15.4 Å². The van der Waals surface area contributed by atoms with Gasteiger partial charge in [0.2, 0.25) is 5.88 Å². The number of pyridine rings is 1. The number of anilines is 2. The Bertz CT molecular complexity index is 379. The van der Waals surface area contributed by atoms with Crippen molar-refractivity contribution in [1.29, 1.82) is 0 Å². The van der Waals surface area contributed by atoms with Gasteiger partial charge in [0.05, 0.1) is 12.8 Å². The number of rotatable bonds is 3. The van der Waals surface area contributed by atoms with E-state index in [0.717, 1.165) is 30.5 Å². The van der Waals surface area contributed by atoms with E-state index in [-0.39, 0.29) is 0 Å². The molecule has 94 valence electrons. The number of nitrogens with zero attached hydrogens (tertiary/aromatic N) is 1. The van der Waals surface area contributed by atoms with Crippen molar-refractivity contribution >= 4 is 11.5 Å². The van der Waals surface area contributed by atoms with Crippen LogP contribution in [0.5, 0.6) is 5.88 Å². The molecule has 0 saturated heterocycles. The minimum absolute atomic E-state index is 0.648. The van der Waals surface area contributed by atoms with Gasteiger partial charge in [0.1, 0.15) is 0 Å². The molecule has 1 aliphatic rings. The molecule has 0 amide bonds. The summed E-state index contributed by atoms with van der Waals surface area (Å²) in [5.41, 5.74) is 1.07. The fourth-order valence-electron chi connectivity index (χ4n) is 2.23. The predicted molar refractivity (Wildman–Crippen MR) is 70.7 cm³/mol. The van der Waals surface area contributed by atoms with Gasteiger partial charge >= 0.3 is 0 Å². The number of hydrogen-bond donors (Lipinski definition) is 2. The normalized spacial score (nSPS) is 18.9. The Kier molecular flexibility index (Phi) is 3.71. The van der Waals surface area contributed by atoms with Crippen molar-refractivity contribution in [1.82, 2.24) is 4.98 Å². The van der Waals surface area contributed by atoms with Crippen LogP contribution in [0.1, 0.15) is 20.3 Å². The van der Waals surface area contributed by atoms with Gasteiger partial charge in [-0.15, -0.1) is 0 Å². The Morgan fingerprint density at radius 1 is 1.35 bits per heavy atom. The molecule has 2 heterocycles. The number of aromatic nitrogens is 1. The predicted octanol–water partition coefficient (Wildman–Crippen LogP) is 2.59. The fourth-order valence-corrected chi connectivity index (χ4v) is 2.23. The molecule has 0 radical (unpaired) electrons. The Balaban J connectivity index is 2.07. The van der Waals surface area contributed by atoms with Gasteiger partial charge in [-0.25, -0.2) is 0 Å². The highest BCUT2D eigenvalue weighted by molar-refractivity contribution is 5.66. The first-order valence-corrected chi connectivity index (χ1v) is 6.22. The van der Waals surface area contributed by atoms with E-state index in [1.165, 1.54) is 6.42 Å². The molecule has 0 spiro atoms. The van der Waals surface area contributed by atoms with E-state index >= 15 is 0 Å². The van der Waals surface area contributed by atoms with Gasteiger partial charge in [-0.1, -0.05) is 13.8 Å². The molecule has 1 atom stereocenters. The molecule has 2 N–H and O–H groups in total. The van der Waals surface area contributed by atoms with Crippen LogP contribution >= 0.6 is 0 Å². The Hall–Kier alpha value is -1.45. The molecule has 0 aliphatic carbocycles. The van der Waals surface area contributed by atoms with Crippen LogP contribution in [0.4, 0.5) is 11.5 Å². The van der Waals surface area contributed by atoms with Gasteiger partial charge in [-0.2, -0.15) is 4.98 Å². The van der Waals surface area contributed by atoms with E-state index in [4.69, 9.17) is 4.74 Å². The van der Waals surface area contributed by atoms with Crippen molar-refractivity contribution in [3.8, 4) is 5.88 Å². The lowest BCUT2D eigenvalue weighted by Gasteiger charge is -2.16. The first-order valence-electron chi connectivity index (χ1n) is 6.22. The van der Waals surface area contributed by atoms with Gasteiger partial charge in [0.25, 0.3) is 0 Å². The van der Waals surface area contributed by atoms with Crippen molar-refractivity contribution in [2.24, 2.45) is 11.8 Å². The van der Waals surface area contributed by atoms with E-state index in [1.807, 2.05) is 12.1 Å². The van der Waals surface area contributed by atoms with Crippen molar-refractivity contribution in [2.75, 3.05) is 30.8 Å². The number of nitrogens with one attached hydrogen (secondary N) is 2. The molecule has 0 fully saturated rings. The molecule has 1 aromatic heterocycles. The average molecular weight is 235 g/mol. The summed E-state index contributed by atoms with van der Waals surface area (Å²) < 4.78 is 5.13. The van der Waals surface area contributed by atoms with Gasteiger partial charge in [-0.05, 0) is 24.3 Å². The third kappa shape index (κ3) is 3.02. The van der Waals surface area contributed by atoms with Crippen LogP contribution in [0.3, 0.4) is 0 Å². The number of ether oxygens (including phenoxy) is 1. The average Bonchev–Trinajstić information content (AvgIpc) is 2.51. The molecule has 4 heteroatoms. The van der Waals surface area contributed by atoms with Crippen molar-refractivity contribution in [3.63, 3.8) is 0 Å². The smallest absolute Gasteiger partial charge is 0.215 e. The van der Waals surface area contributed by atoms with E-state index in [0.29, 0.717) is 11.8 Å². The van der Waals surface area contributed by atoms with E-state index in [9.17, 15) is 0 Å². The van der Waals surface area contributed by atoms with E-state index in [1.54, 1.807) is 7.11 Å². The molecule has 1 aromatic rings. The second kappa shape index (κ2) is 5.25. The van der Waals surface area contributed by atoms with Gasteiger partial charge in [-0.3, -0.25) is 0 Å². The summed E-state index contributed by atoms with van der Waals surface area (Å²) in [6.45, 7) is 6.50. The summed E-state index contributed by atoms with van der Waals surface area (Å²) in [6, 6.07) is 3.90. The van der Waals surface area contributed by atoms with E-state index < -0.39 is 0 Å². The summed E-state index contributed by atoms with van der Waals surface area (Å²) in [5, 5.41) is 6.85. The number of fused-ring (bicyclic) bond motifs is 1. The minimum Gasteiger partial charge on any atom is -0.481 e. The van der Waals surface area contributed by atoms with Crippen LogP contribution in [0.15, 0.2) is 12.1 Å². The quantitative estimate of drug-likeness (QED) is 0.845. The molecule has 1 aliphatic heterocycles. The second-order valence-electron chi connectivity index (χ2n) is 5.01. The first kappa shape index (κ1) is 12.0. The van der Waals surface area contributed by atoms with Gasteiger partial charge in [0.15, 0.2) is 5.82 Å². The van der Waals surface area contributed by atoms with Crippen molar-refractivity contribution < 1.29 is 4.74 Å². The minimum atomic E-state index is 0.648. The maximum absolute atomic E-state index is 5.13. The molecule has 0 aromatic carbocycles. The van der Waals surface area contributed by atoms with Crippen molar-refractivity contribution in [2.45, 2.75) is 20.3 Å². The molecule has 0 bridgehead atoms. The molecule has 2 rings (SSSR count). The SMILES string of the molecule is COc1ccc2c(n1)NCC(CC(C)C)CN2. The zero-order valence-electron chi connectivity index (χ0n) is 10.8. The number of methoxy groups -OCH3 is 1. The number of hydrogen-bond acceptors (Lipinski definition) is 4. The topological polar surface area (TPSA) is 46.2 Å². The lowest BCUT2D eigenvalue weighted by atomic mass is 9.97. The maximum atomic E-state index is 5.13. The molecular formula is C13H21N3O. The fraction of sp³-hybridized carbons (Fsp3) is 0.615. The lowest BCUT2D eigenvalue weighted by Crippen LogP contribution is -2.20. The van der Waals surface area contributed by atoms with Crippen LogP contribution in [0.2, 0.25) is 0 Å². The summed E-state index contributed by atoms with van der Waals surface area (Å²) in [4.78, 5) is 4.41. The summed E-state index contributed by atoms with van der Waals surface area (Å²) in [6.07, 6.45) is 1.23. The first-order chi connectivity index (χ1) is 8.19. The molecule has 4 nitrogen and oxygen atoms in total. The Labute approximate surface area is 103 Å². The van der Waals surface area contributed by atoms with Crippen LogP contribution < -0.4 is 15.4 Å². The third-order valence-corrected chi connectivity index (χ3v) is 3.02. The van der Waals surface area contributed by atoms with E-state index in [2.05, 4.69) is 29.5 Å². The highest BCUT2D eigenvalue weighted by Crippen LogP contribution is 2.26. The van der Waals surface area contributed by atoms with Crippen LogP contribution in [0.25, 0.3) is 0 Å². The zero-order valence-corrected chi connectivity index (χ0v) is 10.8. The maximum Gasteiger partial charge on any atom is 0.215 e. The largest absolute Gasteiger partial charge is 0.481 e. The lowest BCUT2D eigenvalue weighted by molar-refractivity contribution is 0.398. The summed E-state index contributed by atoms with van der Waals surface area (Å²) in [5.74, 6) is 2.93. The van der Waals surface area contributed by atoms with Crippen LogP contribution in [-0.2, 0) is 0 Å². The molecule has 17 heavy (non-hydrogen) atoms. The Morgan fingerprint density at radius 2 is 2.12 bits per heavy atom. The Morgan fingerprint density at radius 3 is 2.82 bits per heavy atom. The van der Waals surface area contributed by atoms with Crippen molar-refractivity contribution in [3.05, 3.63) is 12.1 Å². The molecule has 0 saturated carbocycles. The molecule has 1 unspecified atom stereocenters. The zero-order chi connectivity index (χ0) is 12.3. The highest BCUT2D eigenvalue weighted by atomic mass is 16.5. The summed E-state index contributed by atoms with van der Waals surface area (Å²) in [7, 11) is 1.64. The van der Waals surface area contributed by atoms with Gasteiger partial charge in [0, 0.05) is 19.2 Å². The standard InChI is InChI=1S/C13H21N3O/c1-9(2)6-10-7-14-11-4-5-12(17-3)16-13(11)15-8-10/h4-5,9-10,14H,6-8H2,1-3H3,(H,15,16). The molecular weight excluding hydrogens is 214 g/mol. The second-order valence-corrected chi connectivity index (χ2v) is 5.01. The van der Waals surface area contributed by atoms with Crippen LogP contribution in [0, 0.1) is 11.8 Å². The summed E-state index contributed by atoms with van der Waals surface area (Å²) >= 11 is 0.